The lowest BCUT2D eigenvalue weighted by Gasteiger charge is -2.30. The second kappa shape index (κ2) is 10.9. The van der Waals surface area contributed by atoms with E-state index in [4.69, 9.17) is 14.5 Å². The van der Waals surface area contributed by atoms with E-state index in [-0.39, 0.29) is 34.9 Å². The maximum absolute atomic E-state index is 14.3. The fourth-order valence-electron chi connectivity index (χ4n) is 4.34. The number of ketones is 1. The number of nitrogens with zero attached hydrogens (tertiary/aromatic N) is 3. The van der Waals surface area contributed by atoms with Crippen molar-refractivity contribution in [3.05, 3.63) is 63.2 Å². The number of pyridine rings is 2. The third kappa shape index (κ3) is 5.33. The highest BCUT2D eigenvalue weighted by molar-refractivity contribution is 5.97. The van der Waals surface area contributed by atoms with E-state index >= 15 is 0 Å². The van der Waals surface area contributed by atoms with E-state index in [1.807, 2.05) is 18.7 Å². The Kier molecular flexibility index (Phi) is 7.84. The van der Waals surface area contributed by atoms with Gasteiger partial charge >= 0.3 is 0 Å². The Morgan fingerprint density at radius 1 is 1.16 bits per heavy atom. The molecule has 0 radical (unpaired) electrons. The Hall–Kier alpha value is -3.44. The number of Topliss-reactive ketones (excluding diaryl/α,β-unsaturated/α-hetero) is 1. The summed E-state index contributed by atoms with van der Waals surface area (Å²) in [6, 6.07) is 2.02. The normalized spacial score (nSPS) is 14.9. The molecule has 1 unspecified atom stereocenters. The molecule has 1 fully saturated rings. The Morgan fingerprint density at radius 3 is 2.38 bits per heavy atom. The number of hydrogen-bond donors (Lipinski definition) is 1. The van der Waals surface area contributed by atoms with Crippen LogP contribution in [0, 0.1) is 23.4 Å². The lowest BCUT2D eigenvalue weighted by Crippen LogP contribution is -2.37. The smallest absolute Gasteiger partial charge is 0.201 e. The van der Waals surface area contributed by atoms with Gasteiger partial charge in [0.2, 0.25) is 5.43 Å². The van der Waals surface area contributed by atoms with Crippen LogP contribution in [0.1, 0.15) is 42.7 Å². The quantitative estimate of drug-likeness (QED) is 0.455. The third-order valence-corrected chi connectivity index (χ3v) is 6.43. The number of morpholine rings is 1. The van der Waals surface area contributed by atoms with Crippen molar-refractivity contribution in [3.8, 4) is 5.75 Å². The van der Waals surface area contributed by atoms with Gasteiger partial charge in [-0.05, 0) is 18.9 Å². The van der Waals surface area contributed by atoms with Crippen molar-refractivity contribution >= 4 is 22.6 Å². The molecule has 0 saturated carbocycles. The average Bonchev–Trinajstić information content (AvgIpc) is 2.85. The summed E-state index contributed by atoms with van der Waals surface area (Å²) in [4.78, 5) is 32.1. The molecule has 1 atom stereocenters. The van der Waals surface area contributed by atoms with E-state index in [0.29, 0.717) is 44.3 Å². The maximum atomic E-state index is 14.3. The minimum absolute atomic E-state index is 0.0545. The number of aliphatic hydroxyl groups is 1. The summed E-state index contributed by atoms with van der Waals surface area (Å²) < 4.78 is 54.7. The zero-order valence-corrected chi connectivity index (χ0v) is 20.8. The van der Waals surface area contributed by atoms with Crippen LogP contribution in [-0.4, -0.2) is 53.4 Å². The van der Waals surface area contributed by atoms with Gasteiger partial charge in [-0.15, -0.1) is 0 Å². The van der Waals surface area contributed by atoms with E-state index in [1.54, 1.807) is 4.57 Å². The molecule has 11 heteroatoms. The second-order valence-electron chi connectivity index (χ2n) is 9.25. The molecule has 0 spiro atoms. The molecule has 3 aromatic rings. The summed E-state index contributed by atoms with van der Waals surface area (Å²) in [5.41, 5.74) is -0.918. The molecular weight excluding hydrogens is 491 g/mol. The number of carbonyl (C=O) groups excluding carboxylic acids is 1. The molecule has 2 aromatic heterocycles. The van der Waals surface area contributed by atoms with Crippen molar-refractivity contribution < 1.29 is 32.5 Å². The van der Waals surface area contributed by atoms with Crippen molar-refractivity contribution in [2.75, 3.05) is 37.8 Å². The molecule has 8 nitrogen and oxygen atoms in total. The van der Waals surface area contributed by atoms with Gasteiger partial charge in [-0.25, -0.2) is 18.2 Å². The van der Waals surface area contributed by atoms with Gasteiger partial charge in [0.15, 0.2) is 17.4 Å². The van der Waals surface area contributed by atoms with E-state index in [2.05, 4.69) is 0 Å². The summed E-state index contributed by atoms with van der Waals surface area (Å²) in [5, 5.41) is 10.2. The van der Waals surface area contributed by atoms with Gasteiger partial charge in [0.1, 0.15) is 29.7 Å². The van der Waals surface area contributed by atoms with Gasteiger partial charge in [0, 0.05) is 31.4 Å². The third-order valence-electron chi connectivity index (χ3n) is 6.43. The molecule has 4 rings (SSSR count). The lowest BCUT2D eigenvalue weighted by molar-refractivity contribution is 0.101. The first-order valence-electron chi connectivity index (χ1n) is 11.9. The highest BCUT2D eigenvalue weighted by atomic mass is 19.1. The second-order valence-corrected chi connectivity index (χ2v) is 9.25. The number of hydrogen-bond acceptors (Lipinski definition) is 7. The first-order valence-corrected chi connectivity index (χ1v) is 11.9. The van der Waals surface area contributed by atoms with Crippen LogP contribution in [0.5, 0.6) is 5.75 Å². The highest BCUT2D eigenvalue weighted by Crippen LogP contribution is 2.33. The first-order chi connectivity index (χ1) is 17.6. The van der Waals surface area contributed by atoms with E-state index < -0.39 is 46.9 Å². The summed E-state index contributed by atoms with van der Waals surface area (Å²) in [5.74, 6) is -3.43. The predicted octanol–water partition coefficient (Wildman–Crippen LogP) is 3.62. The Bertz CT molecular complexity index is 1360. The monoisotopic (exact) mass is 519 g/mol. The molecular formula is C26H28F3N3O5. The van der Waals surface area contributed by atoms with E-state index in [0.717, 1.165) is 0 Å². The van der Waals surface area contributed by atoms with Crippen molar-refractivity contribution in [1.29, 1.82) is 0 Å². The van der Waals surface area contributed by atoms with Gasteiger partial charge in [-0.3, -0.25) is 9.59 Å². The zero-order valence-electron chi connectivity index (χ0n) is 20.8. The van der Waals surface area contributed by atoms with Crippen molar-refractivity contribution in [2.24, 2.45) is 5.92 Å². The molecule has 0 amide bonds. The van der Waals surface area contributed by atoms with Crippen LogP contribution >= 0.6 is 0 Å². The molecule has 198 valence electrons. The molecule has 1 aliphatic heterocycles. The van der Waals surface area contributed by atoms with Crippen molar-refractivity contribution in [3.63, 3.8) is 0 Å². The van der Waals surface area contributed by atoms with Crippen LogP contribution < -0.4 is 15.1 Å². The standard InChI is InChI=1S/C26H28F3N3O5/c1-14(2)22(12-33)32-11-18(15(3)34)24(35)17-10-23(26(30-25(17)32)31-4-6-36-7-5-31)37-13-19-20(28)8-16(27)9-21(19)29/h8-11,14,22,33H,4-7,12-13H2,1-3H3. The fourth-order valence-corrected chi connectivity index (χ4v) is 4.34. The molecule has 0 bridgehead atoms. The fraction of sp³-hybridized carbons (Fsp3) is 0.423. The molecule has 1 aliphatic rings. The SMILES string of the molecule is CC(=O)c1cn(C(CO)C(C)C)c2nc(N3CCOCC3)c(OCc3c(F)cc(F)cc3F)cc2c1=O. The number of benzene rings is 1. The number of halogens is 3. The van der Waals surface area contributed by atoms with E-state index in [9.17, 15) is 27.9 Å². The number of aliphatic hydroxyl groups excluding tert-OH is 1. The van der Waals surface area contributed by atoms with Crippen LogP contribution in [0.4, 0.5) is 19.0 Å². The first kappa shape index (κ1) is 26.6. The number of ether oxygens (including phenoxy) is 2. The van der Waals surface area contributed by atoms with Gasteiger partial charge in [-0.2, -0.15) is 0 Å². The Balaban J connectivity index is 1.92. The summed E-state index contributed by atoms with van der Waals surface area (Å²) in [6.45, 7) is 5.90. The van der Waals surface area contributed by atoms with Crippen molar-refractivity contribution in [1.82, 2.24) is 9.55 Å². The topological polar surface area (TPSA) is 93.9 Å². The number of fused-ring (bicyclic) bond motifs is 1. The van der Waals surface area contributed by atoms with Crippen LogP contribution in [0.3, 0.4) is 0 Å². The Labute approximate surface area is 211 Å². The highest BCUT2D eigenvalue weighted by Gasteiger charge is 2.26. The summed E-state index contributed by atoms with van der Waals surface area (Å²) in [7, 11) is 0. The zero-order chi connectivity index (χ0) is 26.9. The van der Waals surface area contributed by atoms with Crippen LogP contribution in [0.15, 0.2) is 29.2 Å². The maximum Gasteiger partial charge on any atom is 0.201 e. The van der Waals surface area contributed by atoms with Gasteiger partial charge in [-0.1, -0.05) is 13.8 Å². The summed E-state index contributed by atoms with van der Waals surface area (Å²) >= 11 is 0. The van der Waals surface area contributed by atoms with Crippen LogP contribution in [0.25, 0.3) is 11.0 Å². The van der Waals surface area contributed by atoms with Gasteiger partial charge in [0.05, 0.1) is 42.4 Å². The van der Waals surface area contributed by atoms with Crippen molar-refractivity contribution in [2.45, 2.75) is 33.4 Å². The Morgan fingerprint density at radius 2 is 1.81 bits per heavy atom. The molecule has 3 heterocycles. The molecule has 1 aromatic carbocycles. The van der Waals surface area contributed by atoms with Gasteiger partial charge < -0.3 is 24.0 Å². The minimum Gasteiger partial charge on any atom is -0.485 e. The number of rotatable bonds is 8. The lowest BCUT2D eigenvalue weighted by atomic mass is 10.0. The largest absolute Gasteiger partial charge is 0.485 e. The number of anilines is 1. The minimum atomic E-state index is -1.11. The van der Waals surface area contributed by atoms with Crippen LogP contribution in [0.2, 0.25) is 0 Å². The predicted molar refractivity (Wildman–Crippen MR) is 131 cm³/mol. The van der Waals surface area contributed by atoms with Crippen LogP contribution in [-0.2, 0) is 11.3 Å². The molecule has 1 saturated heterocycles. The molecule has 1 N–H and O–H groups in total. The molecule has 0 aliphatic carbocycles. The van der Waals surface area contributed by atoms with Gasteiger partial charge in [0.25, 0.3) is 0 Å². The molecule has 37 heavy (non-hydrogen) atoms. The number of carbonyl (C=O) groups is 1. The number of aromatic nitrogens is 2. The van der Waals surface area contributed by atoms with E-state index in [1.165, 1.54) is 19.2 Å². The summed E-state index contributed by atoms with van der Waals surface area (Å²) in [6.07, 6.45) is 1.41. The average molecular weight is 520 g/mol.